The van der Waals surface area contributed by atoms with Crippen LogP contribution in [0.25, 0.3) is 133 Å². The van der Waals surface area contributed by atoms with Gasteiger partial charge in [-0.2, -0.15) is 66.7 Å². The predicted molar refractivity (Wildman–Crippen MR) is 553 cm³/mol. The number of anilines is 7. The standard InChI is InChI=1S/C19H19N3O.C18H17N3O.C17H15N3O.C16H13N3O.C15H11N3S.2C11H7Cl2N3O/c1-2-3-6-12-21-19-17(13-20)22-18(23-19)16-11-7-9-14-8-4-5-10-15(14)16;1-2-3-11-20-18-16(12-19)21-17(22-18)15-10-6-8-13-7-4-5-9-14(13)15;1-2-10-19-17-15(11-18)20-16(21-17)14-9-5-7-12-6-3-4-8-13(12)14;1-2-18-16-14(10-17)19-15(20-16)13-9-5-7-11-6-3-4-8-12(11)13;1-17-15-13(9-16)18-14(19-15)12-8-4-6-10-5-2-3-7-11(10)12;1-15-11-9(5-14)16-10(17-11)6-2-3-7(12)8(13)4-6;1-15-11-8(5-14)16-10(17-11)6-3-2-4-7(12)9(6)13/h4-5,7-11,21H,2-3,6,12H2,1H3;4-10,20H,2-3,11H2,1H3;3-9,19H,2,10H2,1H3;3-9,18H,2H2,1H3;2-8,17H,1H3;2*2-4,15H,1H3. The van der Waals surface area contributed by atoms with Crippen molar-refractivity contribution in [3.05, 3.63) is 309 Å². The molecule has 19 rings (SSSR count). The van der Waals surface area contributed by atoms with Gasteiger partial charge in [-0.25, -0.2) is 4.98 Å². The van der Waals surface area contributed by atoms with Crippen molar-refractivity contribution in [2.45, 2.75) is 66.2 Å². The van der Waals surface area contributed by atoms with Crippen LogP contribution >= 0.6 is 57.7 Å². The number of hydrogen-bond acceptors (Lipinski definition) is 28. The minimum Gasteiger partial charge on any atom is -0.419 e. The van der Waals surface area contributed by atoms with Crippen molar-refractivity contribution in [3.63, 3.8) is 0 Å². The second-order valence-electron chi connectivity index (χ2n) is 30.1. The Morgan fingerprint density at radius 2 is 0.597 bits per heavy atom. The Morgan fingerprint density at radius 1 is 0.281 bits per heavy atom. The number of hydrogen-bond donors (Lipinski definition) is 7. The van der Waals surface area contributed by atoms with E-state index in [9.17, 15) is 15.8 Å². The Morgan fingerprint density at radius 3 is 0.950 bits per heavy atom. The zero-order valence-corrected chi connectivity index (χ0v) is 80.2. The molecule has 0 fully saturated rings. The Balaban J connectivity index is 0.000000137. The number of oxazole rings is 6. The minimum atomic E-state index is 0.179. The molecular weight excluding hydrogens is 1850 g/mol. The van der Waals surface area contributed by atoms with E-state index in [0.29, 0.717) is 125 Å². The highest BCUT2D eigenvalue weighted by atomic mass is 35.5. The van der Waals surface area contributed by atoms with E-state index in [1.54, 1.807) is 57.5 Å². The highest BCUT2D eigenvalue weighted by molar-refractivity contribution is 7.19. The van der Waals surface area contributed by atoms with Crippen molar-refractivity contribution < 1.29 is 26.5 Å². The third-order valence-electron chi connectivity index (χ3n) is 21.0. The van der Waals surface area contributed by atoms with Gasteiger partial charge in [-0.3, -0.25) is 0 Å². The molecule has 0 aliphatic heterocycles. The van der Waals surface area contributed by atoms with E-state index in [1.807, 2.05) is 201 Å². The molecule has 0 unspecified atom stereocenters. The van der Waals surface area contributed by atoms with Crippen molar-refractivity contribution in [3.8, 4) is 122 Å². The SMILES string of the molecule is CCCCCNc1oc(-c2cccc3ccccc23)nc1C#N.CCCCNc1oc(-c2cccc3ccccc23)nc1C#N.CCCNc1oc(-c2cccc3ccccc23)nc1C#N.CCNc1oc(-c2cccc3ccccc23)nc1C#N.CNc1oc(-c2ccc(Cl)c(Cl)c2)nc1C#N.CNc1oc(-c2cccc(Cl)c2Cl)nc1C#N.CNc1sc(-c2cccc3ccccc23)nc1C#N. The molecular formula is C107H89Cl4N21O6S. The van der Waals surface area contributed by atoms with E-state index in [0.717, 1.165) is 144 Å². The molecule has 0 aliphatic carbocycles. The van der Waals surface area contributed by atoms with Crippen LogP contribution in [0.5, 0.6) is 0 Å². The maximum Gasteiger partial charge on any atom is 0.232 e. The average Bonchev–Trinajstić information content (AvgIpc) is 1.70. The molecule has 0 atom stereocenters. The van der Waals surface area contributed by atoms with Crippen molar-refractivity contribution >= 4 is 152 Å². The molecule has 7 heterocycles. The second-order valence-corrected chi connectivity index (χ2v) is 32.7. The quantitative estimate of drug-likeness (QED) is 0.0276. The highest BCUT2D eigenvalue weighted by Gasteiger charge is 2.24. The number of aromatic nitrogens is 7. The van der Waals surface area contributed by atoms with Crippen LogP contribution in [0.4, 0.5) is 40.3 Å². The zero-order valence-electron chi connectivity index (χ0n) is 76.4. The molecule has 32 heteroatoms. The molecule has 0 amide bonds. The van der Waals surface area contributed by atoms with E-state index in [4.69, 9.17) is 94.0 Å². The van der Waals surface area contributed by atoms with Crippen molar-refractivity contribution in [2.24, 2.45) is 0 Å². The number of unbranched alkanes of at least 4 members (excludes halogenated alkanes) is 3. The summed E-state index contributed by atoms with van der Waals surface area (Å²) in [5, 5.41) is 98.9. The number of halogens is 4. The summed E-state index contributed by atoms with van der Waals surface area (Å²) in [6.45, 7) is 11.3. The average molecular weight is 1940 g/mol. The lowest BCUT2D eigenvalue weighted by Gasteiger charge is -2.03. The summed E-state index contributed by atoms with van der Waals surface area (Å²) in [7, 11) is 5.10. The largest absolute Gasteiger partial charge is 0.419 e. The van der Waals surface area contributed by atoms with Crippen LogP contribution in [0.2, 0.25) is 20.1 Å². The van der Waals surface area contributed by atoms with Gasteiger partial charge in [0, 0.05) is 80.7 Å². The van der Waals surface area contributed by atoms with Gasteiger partial charge >= 0.3 is 0 Å². The van der Waals surface area contributed by atoms with Crippen LogP contribution < -0.4 is 37.2 Å². The number of thiazole rings is 1. The number of nitrogens with zero attached hydrogens (tertiary/aromatic N) is 14. The molecule has 0 saturated carbocycles. The summed E-state index contributed by atoms with van der Waals surface area (Å²) in [5.41, 5.74) is 7.92. The molecule has 12 aromatic carbocycles. The van der Waals surface area contributed by atoms with E-state index in [2.05, 4.69) is 154 Å². The number of fused-ring (bicyclic) bond motifs is 5. The first-order valence-corrected chi connectivity index (χ1v) is 46.5. The molecule has 7 aromatic heterocycles. The van der Waals surface area contributed by atoms with Crippen molar-refractivity contribution in [2.75, 3.05) is 84.5 Å². The van der Waals surface area contributed by atoms with E-state index < -0.39 is 0 Å². The lowest BCUT2D eigenvalue weighted by molar-refractivity contribution is 0.582. The second kappa shape index (κ2) is 49.3. The fourth-order valence-electron chi connectivity index (χ4n) is 14.3. The fraction of sp³-hybridized carbons (Fsp3) is 0.159. The molecule has 19 aromatic rings. The third kappa shape index (κ3) is 24.4. The Labute approximate surface area is 825 Å². The van der Waals surface area contributed by atoms with E-state index in [1.165, 1.54) is 16.7 Å². The highest BCUT2D eigenvalue weighted by Crippen LogP contribution is 2.41. The zero-order chi connectivity index (χ0) is 98.1. The van der Waals surface area contributed by atoms with Crippen LogP contribution in [-0.4, -0.2) is 82.2 Å². The molecule has 139 heavy (non-hydrogen) atoms. The molecule has 27 nitrogen and oxygen atoms in total. The smallest absolute Gasteiger partial charge is 0.232 e. The third-order valence-corrected chi connectivity index (χ3v) is 23.7. The van der Waals surface area contributed by atoms with Crippen LogP contribution in [0, 0.1) is 79.3 Å². The van der Waals surface area contributed by atoms with Gasteiger partial charge in [0.25, 0.3) is 0 Å². The molecule has 7 N–H and O–H groups in total. The molecule has 0 spiro atoms. The van der Waals surface area contributed by atoms with Crippen LogP contribution in [0.1, 0.15) is 106 Å². The van der Waals surface area contributed by atoms with Gasteiger partial charge in [0.2, 0.25) is 105 Å². The Hall–Kier alpha value is -17.0. The number of nitrogens with one attached hydrogen (secondary N) is 7. The maximum absolute atomic E-state index is 9.28. The first-order chi connectivity index (χ1) is 68.0. The fourth-order valence-corrected chi connectivity index (χ4v) is 15.9. The van der Waals surface area contributed by atoms with Crippen molar-refractivity contribution in [1.82, 2.24) is 34.9 Å². The van der Waals surface area contributed by atoms with Crippen LogP contribution in [0.15, 0.2) is 275 Å². The molecule has 0 aliphatic rings. The van der Waals surface area contributed by atoms with E-state index in [-0.39, 0.29) is 23.0 Å². The summed E-state index contributed by atoms with van der Waals surface area (Å²) in [6.07, 6.45) is 6.42. The number of rotatable bonds is 24. The van der Waals surface area contributed by atoms with Gasteiger partial charge in [-0.1, -0.05) is 292 Å². The number of nitriles is 7. The summed E-state index contributed by atoms with van der Waals surface area (Å²) in [6, 6.07) is 94.9. The van der Waals surface area contributed by atoms with Crippen LogP contribution in [0.3, 0.4) is 0 Å². The predicted octanol–water partition coefficient (Wildman–Crippen LogP) is 28.5. The van der Waals surface area contributed by atoms with Gasteiger partial charge in [0.05, 0.1) is 25.7 Å². The van der Waals surface area contributed by atoms with E-state index >= 15 is 0 Å². The van der Waals surface area contributed by atoms with Crippen LogP contribution in [-0.2, 0) is 0 Å². The summed E-state index contributed by atoms with van der Waals surface area (Å²) >= 11 is 25.2. The molecule has 0 saturated heterocycles. The molecule has 692 valence electrons. The van der Waals surface area contributed by atoms with Crippen molar-refractivity contribution in [1.29, 1.82) is 36.8 Å². The maximum atomic E-state index is 9.28. The Bertz CT molecular complexity index is 7820. The monoisotopic (exact) mass is 1940 g/mol. The first kappa shape index (κ1) is 99.5. The summed E-state index contributed by atoms with van der Waals surface area (Å²) < 4.78 is 33.9. The first-order valence-electron chi connectivity index (χ1n) is 44.1. The summed E-state index contributed by atoms with van der Waals surface area (Å²) in [4.78, 5) is 29.8. The van der Waals surface area contributed by atoms with Gasteiger partial charge < -0.3 is 63.7 Å². The van der Waals surface area contributed by atoms with Gasteiger partial charge in [0.15, 0.2) is 5.69 Å². The van der Waals surface area contributed by atoms with Gasteiger partial charge in [-0.15, -0.1) is 0 Å². The normalized spacial score (nSPS) is 10.4. The minimum absolute atomic E-state index is 0.179. The van der Waals surface area contributed by atoms with Gasteiger partial charge in [0.1, 0.15) is 52.5 Å². The topological polar surface area (TPSA) is 420 Å². The lowest BCUT2D eigenvalue weighted by Crippen LogP contribution is -2.01. The molecule has 0 radical (unpaired) electrons. The van der Waals surface area contributed by atoms with Gasteiger partial charge in [-0.05, 0) is 135 Å². The summed E-state index contributed by atoms with van der Waals surface area (Å²) in [5.74, 6) is 4.92. The Kier molecular flexibility index (Phi) is 35.3. The lowest BCUT2D eigenvalue weighted by atomic mass is 10.0. The number of benzene rings is 12. The molecule has 0 bridgehead atoms.